The maximum Gasteiger partial charge on any atom is 0.319 e. The van der Waals surface area contributed by atoms with Crippen molar-refractivity contribution in [1.82, 2.24) is 5.32 Å². The number of para-hydroxylation sites is 1. The van der Waals surface area contributed by atoms with E-state index >= 15 is 0 Å². The molecular formula is C15H16FN3O. The molecule has 104 valence electrons. The van der Waals surface area contributed by atoms with Gasteiger partial charge in [0.15, 0.2) is 0 Å². The Morgan fingerprint density at radius 3 is 2.70 bits per heavy atom. The second-order valence-electron chi connectivity index (χ2n) is 4.42. The first kappa shape index (κ1) is 13.9. The zero-order valence-corrected chi connectivity index (χ0v) is 11.1. The van der Waals surface area contributed by atoms with Gasteiger partial charge in [0.25, 0.3) is 0 Å². The highest BCUT2D eigenvalue weighted by Gasteiger charge is 2.07. The van der Waals surface area contributed by atoms with Crippen LogP contribution in [0.4, 0.5) is 20.6 Å². The third kappa shape index (κ3) is 3.26. The molecule has 5 heteroatoms. The van der Waals surface area contributed by atoms with Crippen LogP contribution in [0.25, 0.3) is 0 Å². The Morgan fingerprint density at radius 2 is 1.95 bits per heavy atom. The highest BCUT2D eigenvalue weighted by Crippen LogP contribution is 2.15. The Bertz CT molecular complexity index is 628. The molecule has 0 saturated heterocycles. The van der Waals surface area contributed by atoms with Crippen molar-refractivity contribution in [2.45, 2.75) is 13.5 Å². The number of rotatable bonds is 3. The molecule has 20 heavy (non-hydrogen) atoms. The lowest BCUT2D eigenvalue weighted by atomic mass is 10.1. The van der Waals surface area contributed by atoms with Gasteiger partial charge in [0, 0.05) is 12.2 Å². The van der Waals surface area contributed by atoms with E-state index in [0.717, 1.165) is 11.1 Å². The van der Waals surface area contributed by atoms with E-state index in [4.69, 9.17) is 5.73 Å². The van der Waals surface area contributed by atoms with E-state index in [1.54, 1.807) is 18.2 Å². The number of nitrogens with one attached hydrogen (secondary N) is 2. The van der Waals surface area contributed by atoms with Crippen molar-refractivity contribution in [1.29, 1.82) is 0 Å². The summed E-state index contributed by atoms with van der Waals surface area (Å²) in [5, 5.41) is 5.13. The third-order valence-electron chi connectivity index (χ3n) is 3.05. The predicted molar refractivity (Wildman–Crippen MR) is 77.8 cm³/mol. The van der Waals surface area contributed by atoms with Crippen LogP contribution < -0.4 is 16.4 Å². The minimum atomic E-state index is -0.470. The van der Waals surface area contributed by atoms with Crippen molar-refractivity contribution < 1.29 is 9.18 Å². The van der Waals surface area contributed by atoms with Crippen LogP contribution in [0.5, 0.6) is 0 Å². The molecule has 0 unspecified atom stereocenters. The fraction of sp³-hybridized carbons (Fsp3) is 0.133. The number of amides is 2. The monoisotopic (exact) mass is 273 g/mol. The van der Waals surface area contributed by atoms with Crippen LogP contribution >= 0.6 is 0 Å². The quantitative estimate of drug-likeness (QED) is 0.752. The SMILES string of the molecule is Cc1c(N)cccc1CNC(=O)Nc1ccccc1F. The van der Waals surface area contributed by atoms with E-state index in [1.165, 1.54) is 12.1 Å². The summed E-state index contributed by atoms with van der Waals surface area (Å²) in [6, 6.07) is 11.1. The van der Waals surface area contributed by atoms with Crippen molar-refractivity contribution in [2.75, 3.05) is 11.1 Å². The van der Waals surface area contributed by atoms with Crippen molar-refractivity contribution in [3.8, 4) is 0 Å². The Balaban J connectivity index is 1.96. The number of carbonyl (C=O) groups excluding carboxylic acids is 1. The van der Waals surface area contributed by atoms with Gasteiger partial charge >= 0.3 is 6.03 Å². The minimum absolute atomic E-state index is 0.147. The normalized spacial score (nSPS) is 10.1. The molecule has 2 aromatic carbocycles. The Hall–Kier alpha value is -2.56. The average Bonchev–Trinajstić information content (AvgIpc) is 2.43. The molecule has 0 atom stereocenters. The molecule has 2 rings (SSSR count). The van der Waals surface area contributed by atoms with Gasteiger partial charge in [0.2, 0.25) is 0 Å². The van der Waals surface area contributed by atoms with Crippen LogP contribution in [0, 0.1) is 12.7 Å². The molecule has 0 spiro atoms. The van der Waals surface area contributed by atoms with Crippen LogP contribution in [-0.2, 0) is 6.54 Å². The van der Waals surface area contributed by atoms with Gasteiger partial charge in [-0.25, -0.2) is 9.18 Å². The maximum atomic E-state index is 13.4. The number of nitrogen functional groups attached to an aromatic ring is 1. The lowest BCUT2D eigenvalue weighted by molar-refractivity contribution is 0.251. The summed E-state index contributed by atoms with van der Waals surface area (Å²) in [4.78, 5) is 11.7. The molecule has 4 N–H and O–H groups in total. The molecule has 0 bridgehead atoms. The van der Waals surface area contributed by atoms with E-state index < -0.39 is 11.8 Å². The number of urea groups is 1. The first-order valence-corrected chi connectivity index (χ1v) is 6.21. The molecule has 0 aliphatic heterocycles. The van der Waals surface area contributed by atoms with E-state index in [2.05, 4.69) is 10.6 Å². The van der Waals surface area contributed by atoms with Crippen LogP contribution in [0.15, 0.2) is 42.5 Å². The summed E-state index contributed by atoms with van der Waals surface area (Å²) in [6.45, 7) is 2.22. The van der Waals surface area contributed by atoms with Gasteiger partial charge in [-0.2, -0.15) is 0 Å². The van der Waals surface area contributed by atoms with Crippen LogP contribution in [0.3, 0.4) is 0 Å². The van der Waals surface area contributed by atoms with E-state index in [0.29, 0.717) is 12.2 Å². The van der Waals surface area contributed by atoms with Crippen LogP contribution in [-0.4, -0.2) is 6.03 Å². The van der Waals surface area contributed by atoms with Crippen LogP contribution in [0.2, 0.25) is 0 Å². The highest BCUT2D eigenvalue weighted by molar-refractivity contribution is 5.89. The van der Waals surface area contributed by atoms with Gasteiger partial charge in [-0.1, -0.05) is 24.3 Å². The number of nitrogens with two attached hydrogens (primary N) is 1. The number of benzene rings is 2. The summed E-state index contributed by atoms with van der Waals surface area (Å²) in [6.07, 6.45) is 0. The molecule has 4 nitrogen and oxygen atoms in total. The molecule has 0 heterocycles. The summed E-state index contributed by atoms with van der Waals surface area (Å²) in [5.74, 6) is -0.470. The zero-order chi connectivity index (χ0) is 14.5. The molecule has 0 radical (unpaired) electrons. The summed E-state index contributed by atoms with van der Waals surface area (Å²) in [5.41, 5.74) is 8.47. The van der Waals surface area contributed by atoms with Crippen molar-refractivity contribution in [3.05, 3.63) is 59.4 Å². The molecule has 0 aliphatic carbocycles. The van der Waals surface area contributed by atoms with Crippen LogP contribution in [0.1, 0.15) is 11.1 Å². The standard InChI is InChI=1S/C15H16FN3O/c1-10-11(5-4-7-13(10)17)9-18-15(20)19-14-8-3-2-6-12(14)16/h2-8H,9,17H2,1H3,(H2,18,19,20). The smallest absolute Gasteiger partial charge is 0.319 e. The minimum Gasteiger partial charge on any atom is -0.399 e. The summed E-state index contributed by atoms with van der Waals surface area (Å²) < 4.78 is 13.4. The zero-order valence-electron chi connectivity index (χ0n) is 11.1. The van der Waals surface area contributed by atoms with Gasteiger partial charge in [-0.3, -0.25) is 0 Å². The van der Waals surface area contributed by atoms with E-state index in [-0.39, 0.29) is 5.69 Å². The van der Waals surface area contributed by atoms with Crippen molar-refractivity contribution >= 4 is 17.4 Å². The Labute approximate surface area is 116 Å². The molecule has 2 aromatic rings. The van der Waals surface area contributed by atoms with Gasteiger partial charge in [0.1, 0.15) is 5.82 Å². The second kappa shape index (κ2) is 6.06. The largest absolute Gasteiger partial charge is 0.399 e. The molecule has 0 aromatic heterocycles. The van der Waals surface area contributed by atoms with Gasteiger partial charge < -0.3 is 16.4 Å². The number of hydrogen-bond donors (Lipinski definition) is 3. The molecule has 0 saturated carbocycles. The van der Waals surface area contributed by atoms with E-state index in [1.807, 2.05) is 19.1 Å². The molecule has 0 aliphatic rings. The topological polar surface area (TPSA) is 67.1 Å². The first-order valence-electron chi connectivity index (χ1n) is 6.21. The van der Waals surface area contributed by atoms with E-state index in [9.17, 15) is 9.18 Å². The molecular weight excluding hydrogens is 257 g/mol. The number of carbonyl (C=O) groups is 1. The van der Waals surface area contributed by atoms with Gasteiger partial charge in [-0.15, -0.1) is 0 Å². The van der Waals surface area contributed by atoms with Gasteiger partial charge in [-0.05, 0) is 36.2 Å². The predicted octanol–water partition coefficient (Wildman–Crippen LogP) is 3.04. The molecule has 0 fully saturated rings. The number of anilines is 2. The molecule has 2 amide bonds. The average molecular weight is 273 g/mol. The first-order chi connectivity index (χ1) is 9.58. The Morgan fingerprint density at radius 1 is 1.20 bits per heavy atom. The van der Waals surface area contributed by atoms with Gasteiger partial charge in [0.05, 0.1) is 5.69 Å². The third-order valence-corrected chi connectivity index (χ3v) is 3.05. The summed E-state index contributed by atoms with van der Waals surface area (Å²) >= 11 is 0. The fourth-order valence-electron chi connectivity index (χ4n) is 1.80. The Kier molecular flexibility index (Phi) is 4.20. The number of halogens is 1. The maximum absolute atomic E-state index is 13.4. The summed E-state index contributed by atoms with van der Waals surface area (Å²) in [7, 11) is 0. The number of hydrogen-bond acceptors (Lipinski definition) is 2. The lowest BCUT2D eigenvalue weighted by Crippen LogP contribution is -2.28. The highest BCUT2D eigenvalue weighted by atomic mass is 19.1. The lowest BCUT2D eigenvalue weighted by Gasteiger charge is -2.11. The van der Waals surface area contributed by atoms with Crippen molar-refractivity contribution in [3.63, 3.8) is 0 Å². The van der Waals surface area contributed by atoms with Crippen molar-refractivity contribution in [2.24, 2.45) is 0 Å². The second-order valence-corrected chi connectivity index (χ2v) is 4.42. The fourth-order valence-corrected chi connectivity index (χ4v) is 1.80.